The lowest BCUT2D eigenvalue weighted by Crippen LogP contribution is -2.35. The van der Waals surface area contributed by atoms with Crippen LogP contribution in [0.1, 0.15) is 6.92 Å². The Hall–Kier alpha value is -1.62. The number of halogens is 1. The summed E-state index contributed by atoms with van der Waals surface area (Å²) in [6, 6.07) is 2.03. The van der Waals surface area contributed by atoms with E-state index in [9.17, 15) is 9.90 Å². The lowest BCUT2D eigenvalue weighted by Gasteiger charge is -2.20. The van der Waals surface area contributed by atoms with E-state index in [4.69, 9.17) is 23.1 Å². The second-order valence-electron chi connectivity index (χ2n) is 2.94. The molecule has 0 atom stereocenters. The molecule has 0 saturated heterocycles. The molecule has 5 N–H and O–H groups in total. The van der Waals surface area contributed by atoms with Gasteiger partial charge in [0.05, 0.1) is 16.4 Å². The number of carbonyl (C=O) groups excluding carboxylic acids is 1. The number of nitrogens with zero attached hydrogens (tertiary/aromatic N) is 1. The van der Waals surface area contributed by atoms with Crippen LogP contribution in [0.4, 0.5) is 16.2 Å². The number of aromatic hydroxyl groups is 1. The summed E-state index contributed by atoms with van der Waals surface area (Å²) < 4.78 is 0. The van der Waals surface area contributed by atoms with Gasteiger partial charge in [-0.2, -0.15) is 0 Å². The molecule has 0 saturated carbocycles. The number of rotatable bonds is 2. The van der Waals surface area contributed by atoms with Crippen LogP contribution in [-0.4, -0.2) is 17.7 Å². The summed E-state index contributed by atoms with van der Waals surface area (Å²) >= 11 is 5.78. The van der Waals surface area contributed by atoms with Crippen LogP contribution in [-0.2, 0) is 0 Å². The number of primary amides is 1. The number of hydrogen-bond donors (Lipinski definition) is 3. The fourth-order valence-corrected chi connectivity index (χ4v) is 1.39. The quantitative estimate of drug-likeness (QED) is 0.672. The molecule has 1 rings (SSSR count). The van der Waals surface area contributed by atoms with Crippen molar-refractivity contribution in [3.8, 4) is 5.75 Å². The first-order valence-corrected chi connectivity index (χ1v) is 4.70. The Kier molecular flexibility index (Phi) is 3.26. The van der Waals surface area contributed by atoms with Crippen molar-refractivity contribution in [1.29, 1.82) is 0 Å². The van der Waals surface area contributed by atoms with Gasteiger partial charge in [0, 0.05) is 12.6 Å². The Balaban J connectivity index is 3.24. The first kappa shape index (κ1) is 11.5. The first-order chi connectivity index (χ1) is 6.97. The maximum absolute atomic E-state index is 11.0. The summed E-state index contributed by atoms with van der Waals surface area (Å²) in [7, 11) is 0. The summed E-state index contributed by atoms with van der Waals surface area (Å²) in [6.45, 7) is 2.07. The third-order valence-corrected chi connectivity index (χ3v) is 2.29. The van der Waals surface area contributed by atoms with Crippen molar-refractivity contribution in [2.75, 3.05) is 17.2 Å². The molecule has 82 valence electrons. The zero-order valence-corrected chi connectivity index (χ0v) is 8.95. The molecule has 6 heteroatoms. The number of amides is 2. The number of hydrogen-bond acceptors (Lipinski definition) is 3. The number of urea groups is 1. The average Bonchev–Trinajstić information content (AvgIpc) is 2.14. The van der Waals surface area contributed by atoms with E-state index in [1.807, 2.05) is 0 Å². The number of carbonyl (C=O) groups is 1. The Labute approximate surface area is 92.2 Å². The number of nitrogen functional groups attached to an aromatic ring is 1. The van der Waals surface area contributed by atoms with E-state index in [2.05, 4.69) is 0 Å². The Bertz CT molecular complexity index is 395. The van der Waals surface area contributed by atoms with Crippen LogP contribution in [0.15, 0.2) is 12.1 Å². The van der Waals surface area contributed by atoms with Crippen LogP contribution in [0.3, 0.4) is 0 Å². The minimum Gasteiger partial charge on any atom is -0.506 e. The summed E-state index contributed by atoms with van der Waals surface area (Å²) in [5.41, 5.74) is 11.1. The highest BCUT2D eigenvalue weighted by Crippen LogP contribution is 2.34. The first-order valence-electron chi connectivity index (χ1n) is 4.32. The smallest absolute Gasteiger partial charge is 0.319 e. The SMILES string of the molecule is CCN(C(N)=O)c1cc(Cl)c(N)cc1O. The number of phenols is 1. The van der Waals surface area contributed by atoms with Crippen molar-refractivity contribution in [2.24, 2.45) is 5.73 Å². The zero-order valence-electron chi connectivity index (χ0n) is 8.20. The van der Waals surface area contributed by atoms with E-state index in [1.54, 1.807) is 6.92 Å². The largest absolute Gasteiger partial charge is 0.506 e. The minimum absolute atomic E-state index is 0.127. The van der Waals surface area contributed by atoms with Gasteiger partial charge in [-0.25, -0.2) is 4.79 Å². The molecule has 0 aliphatic carbocycles. The maximum Gasteiger partial charge on any atom is 0.319 e. The highest BCUT2D eigenvalue weighted by Gasteiger charge is 2.15. The summed E-state index contributed by atoms with van der Waals surface area (Å²) in [5.74, 6) is -0.127. The molecule has 0 aliphatic heterocycles. The molecule has 5 nitrogen and oxygen atoms in total. The molecule has 0 bridgehead atoms. The summed E-state index contributed by atoms with van der Waals surface area (Å²) in [5, 5.41) is 9.84. The van der Waals surface area contributed by atoms with Gasteiger partial charge in [0.25, 0.3) is 0 Å². The van der Waals surface area contributed by atoms with Gasteiger partial charge in [0.2, 0.25) is 0 Å². The van der Waals surface area contributed by atoms with Gasteiger partial charge in [0.1, 0.15) is 5.75 Å². The van der Waals surface area contributed by atoms with E-state index >= 15 is 0 Å². The van der Waals surface area contributed by atoms with E-state index in [0.717, 1.165) is 0 Å². The third kappa shape index (κ3) is 2.24. The van der Waals surface area contributed by atoms with Gasteiger partial charge in [-0.15, -0.1) is 0 Å². The van der Waals surface area contributed by atoms with E-state index in [1.165, 1.54) is 17.0 Å². The molecule has 2 amide bonds. The topological polar surface area (TPSA) is 92.6 Å². The van der Waals surface area contributed by atoms with Gasteiger partial charge in [-0.3, -0.25) is 4.90 Å². The van der Waals surface area contributed by atoms with Crippen LogP contribution in [0.2, 0.25) is 5.02 Å². The normalized spacial score (nSPS) is 10.0. The van der Waals surface area contributed by atoms with Gasteiger partial charge < -0.3 is 16.6 Å². The summed E-state index contributed by atoms with van der Waals surface area (Å²) in [6.07, 6.45) is 0. The number of nitrogens with two attached hydrogens (primary N) is 2. The number of anilines is 2. The zero-order chi connectivity index (χ0) is 11.6. The van der Waals surface area contributed by atoms with E-state index in [0.29, 0.717) is 6.54 Å². The molecule has 0 fully saturated rings. The van der Waals surface area contributed by atoms with Crippen LogP contribution in [0.5, 0.6) is 5.75 Å². The van der Waals surface area contributed by atoms with Crippen molar-refractivity contribution in [3.05, 3.63) is 17.2 Å². The molecule has 0 aliphatic rings. The van der Waals surface area contributed by atoms with Gasteiger partial charge >= 0.3 is 6.03 Å². The Morgan fingerprint density at radius 3 is 2.67 bits per heavy atom. The lowest BCUT2D eigenvalue weighted by atomic mass is 10.2. The van der Waals surface area contributed by atoms with Crippen LogP contribution >= 0.6 is 11.6 Å². The van der Waals surface area contributed by atoms with Crippen LogP contribution in [0.25, 0.3) is 0 Å². The second kappa shape index (κ2) is 4.27. The number of benzene rings is 1. The minimum atomic E-state index is -0.659. The van der Waals surface area contributed by atoms with Crippen molar-refractivity contribution < 1.29 is 9.90 Å². The second-order valence-corrected chi connectivity index (χ2v) is 3.35. The van der Waals surface area contributed by atoms with Gasteiger partial charge in [-0.05, 0) is 13.0 Å². The van der Waals surface area contributed by atoms with Crippen molar-refractivity contribution in [2.45, 2.75) is 6.92 Å². The molecular formula is C9H12ClN3O2. The van der Waals surface area contributed by atoms with Gasteiger partial charge in [0.15, 0.2) is 0 Å². The standard InChI is InChI=1S/C9H12ClN3O2/c1-2-13(9(12)15)7-3-5(10)6(11)4-8(7)14/h3-4,14H,2,11H2,1H3,(H2,12,15). The Morgan fingerprint density at radius 2 is 2.20 bits per heavy atom. The fraction of sp³-hybridized carbons (Fsp3) is 0.222. The van der Waals surface area contributed by atoms with Crippen LogP contribution in [0, 0.1) is 0 Å². The third-order valence-electron chi connectivity index (χ3n) is 1.97. The highest BCUT2D eigenvalue weighted by molar-refractivity contribution is 6.33. The van der Waals surface area contributed by atoms with E-state index < -0.39 is 6.03 Å². The molecule has 15 heavy (non-hydrogen) atoms. The van der Waals surface area contributed by atoms with E-state index in [-0.39, 0.29) is 22.1 Å². The lowest BCUT2D eigenvalue weighted by molar-refractivity contribution is 0.254. The molecule has 0 heterocycles. The number of phenolic OH excluding ortho intramolecular Hbond substituents is 1. The molecule has 0 radical (unpaired) electrons. The van der Waals surface area contributed by atoms with Crippen LogP contribution < -0.4 is 16.4 Å². The summed E-state index contributed by atoms with van der Waals surface area (Å²) in [4.78, 5) is 12.2. The molecule has 1 aromatic carbocycles. The molecule has 0 spiro atoms. The predicted molar refractivity (Wildman–Crippen MR) is 60.1 cm³/mol. The molecule has 1 aromatic rings. The Morgan fingerprint density at radius 1 is 1.60 bits per heavy atom. The molecule has 0 unspecified atom stereocenters. The maximum atomic E-state index is 11.0. The predicted octanol–water partition coefficient (Wildman–Crippen LogP) is 1.53. The fourth-order valence-electron chi connectivity index (χ4n) is 1.23. The monoisotopic (exact) mass is 229 g/mol. The van der Waals surface area contributed by atoms with Crippen molar-refractivity contribution in [1.82, 2.24) is 0 Å². The van der Waals surface area contributed by atoms with Crippen molar-refractivity contribution >= 4 is 29.0 Å². The molecule has 0 aromatic heterocycles. The average molecular weight is 230 g/mol. The van der Waals surface area contributed by atoms with Gasteiger partial charge in [-0.1, -0.05) is 11.6 Å². The molecular weight excluding hydrogens is 218 g/mol. The van der Waals surface area contributed by atoms with Crippen molar-refractivity contribution in [3.63, 3.8) is 0 Å². The highest BCUT2D eigenvalue weighted by atomic mass is 35.5.